The fraction of sp³-hybridized carbons (Fsp3) is 0. The standard InChI is InChI=1S/C54H33N3O/c1-2-13-34(14-3-1)39-20-10-15-36-16-11-21-40(51(36)39)35-27-29-37(30-28-35)52-45-19-4-7-24-47(45)55-54(56-52)57-48-25-8-5-17-42(48)46-33-38(31-32-49(46)57)41-22-12-23-44-43-18-6-9-26-50(43)58-53(41)44/h1-33H. The van der Waals surface area contributed by atoms with Crippen molar-refractivity contribution in [3.8, 4) is 50.6 Å². The number of para-hydroxylation sites is 4. The second-order valence-corrected chi connectivity index (χ2v) is 14.9. The van der Waals surface area contributed by atoms with Crippen molar-refractivity contribution in [3.05, 3.63) is 200 Å². The maximum Gasteiger partial charge on any atom is 0.235 e. The second kappa shape index (κ2) is 12.9. The normalized spacial score (nSPS) is 11.8. The molecule has 0 N–H and O–H groups in total. The van der Waals surface area contributed by atoms with Crippen LogP contribution in [0.5, 0.6) is 0 Å². The fourth-order valence-electron chi connectivity index (χ4n) is 8.96. The van der Waals surface area contributed by atoms with Gasteiger partial charge in [-0.05, 0) is 68.9 Å². The zero-order chi connectivity index (χ0) is 38.2. The van der Waals surface area contributed by atoms with Crippen molar-refractivity contribution in [2.75, 3.05) is 0 Å². The number of aromatic nitrogens is 3. The molecule has 0 radical (unpaired) electrons. The Labute approximate surface area is 333 Å². The van der Waals surface area contributed by atoms with E-state index in [9.17, 15) is 0 Å². The van der Waals surface area contributed by atoms with Crippen LogP contribution in [0.15, 0.2) is 205 Å². The van der Waals surface area contributed by atoms with E-state index in [1.165, 1.54) is 27.5 Å². The molecule has 270 valence electrons. The quantitative estimate of drug-likeness (QED) is 0.177. The van der Waals surface area contributed by atoms with Gasteiger partial charge in [0.2, 0.25) is 5.95 Å². The van der Waals surface area contributed by atoms with E-state index in [1.54, 1.807) is 0 Å². The summed E-state index contributed by atoms with van der Waals surface area (Å²) < 4.78 is 8.67. The number of furan rings is 1. The molecular weight excluding hydrogens is 707 g/mol. The summed E-state index contributed by atoms with van der Waals surface area (Å²) in [6, 6.07) is 70.9. The van der Waals surface area contributed by atoms with E-state index in [-0.39, 0.29) is 0 Å². The lowest BCUT2D eigenvalue weighted by molar-refractivity contribution is 0.670. The maximum absolute atomic E-state index is 6.46. The number of rotatable bonds is 5. The van der Waals surface area contributed by atoms with Crippen molar-refractivity contribution in [2.45, 2.75) is 0 Å². The maximum atomic E-state index is 6.46. The van der Waals surface area contributed by atoms with Crippen LogP contribution in [-0.2, 0) is 0 Å². The van der Waals surface area contributed by atoms with Gasteiger partial charge in [-0.25, -0.2) is 9.97 Å². The third-order valence-corrected chi connectivity index (χ3v) is 11.6. The largest absolute Gasteiger partial charge is 0.455 e. The smallest absolute Gasteiger partial charge is 0.235 e. The van der Waals surface area contributed by atoms with Gasteiger partial charge in [-0.1, -0.05) is 170 Å². The van der Waals surface area contributed by atoms with E-state index < -0.39 is 0 Å². The number of nitrogens with zero attached hydrogens (tertiary/aromatic N) is 3. The Morgan fingerprint density at radius 3 is 1.81 bits per heavy atom. The van der Waals surface area contributed by atoms with Crippen LogP contribution in [-0.4, -0.2) is 14.5 Å². The molecule has 3 heterocycles. The Kier molecular flexibility index (Phi) is 7.20. The first-order valence-corrected chi connectivity index (χ1v) is 19.7. The highest BCUT2D eigenvalue weighted by atomic mass is 16.3. The highest BCUT2D eigenvalue weighted by Gasteiger charge is 2.20. The van der Waals surface area contributed by atoms with Gasteiger partial charge in [-0.3, -0.25) is 4.57 Å². The minimum absolute atomic E-state index is 0.637. The lowest BCUT2D eigenvalue weighted by atomic mass is 9.91. The van der Waals surface area contributed by atoms with Crippen molar-refractivity contribution >= 4 is 65.4 Å². The lowest BCUT2D eigenvalue weighted by Crippen LogP contribution is -2.03. The average molecular weight is 740 g/mol. The zero-order valence-corrected chi connectivity index (χ0v) is 31.3. The first-order valence-electron chi connectivity index (χ1n) is 19.7. The third kappa shape index (κ3) is 5.02. The van der Waals surface area contributed by atoms with Crippen LogP contribution in [0.4, 0.5) is 0 Å². The second-order valence-electron chi connectivity index (χ2n) is 14.9. The van der Waals surface area contributed by atoms with Crippen molar-refractivity contribution in [3.63, 3.8) is 0 Å². The monoisotopic (exact) mass is 739 g/mol. The average Bonchev–Trinajstić information content (AvgIpc) is 3.84. The van der Waals surface area contributed by atoms with Crippen LogP contribution in [0.25, 0.3) is 116 Å². The molecule has 0 aliphatic rings. The highest BCUT2D eigenvalue weighted by Crippen LogP contribution is 2.41. The molecule has 0 fully saturated rings. The van der Waals surface area contributed by atoms with Crippen LogP contribution in [0, 0.1) is 0 Å². The summed E-state index contributed by atoms with van der Waals surface area (Å²) in [6.07, 6.45) is 0. The highest BCUT2D eigenvalue weighted by molar-refractivity contribution is 6.13. The predicted molar refractivity (Wildman–Crippen MR) is 240 cm³/mol. The van der Waals surface area contributed by atoms with Gasteiger partial charge in [0.25, 0.3) is 0 Å². The molecule has 0 spiro atoms. The minimum Gasteiger partial charge on any atom is -0.455 e. The van der Waals surface area contributed by atoms with E-state index >= 15 is 0 Å². The molecule has 4 nitrogen and oxygen atoms in total. The molecule has 58 heavy (non-hydrogen) atoms. The molecule has 0 atom stereocenters. The van der Waals surface area contributed by atoms with Gasteiger partial charge in [-0.2, -0.15) is 0 Å². The Hall–Kier alpha value is -7.82. The van der Waals surface area contributed by atoms with Crippen LogP contribution in [0.3, 0.4) is 0 Å². The molecule has 12 rings (SSSR count). The summed E-state index contributed by atoms with van der Waals surface area (Å²) in [5.41, 5.74) is 13.7. The summed E-state index contributed by atoms with van der Waals surface area (Å²) in [7, 11) is 0. The van der Waals surface area contributed by atoms with Crippen LogP contribution >= 0.6 is 0 Å². The van der Waals surface area contributed by atoms with Crippen molar-refractivity contribution in [2.24, 2.45) is 0 Å². The molecule has 0 aliphatic heterocycles. The topological polar surface area (TPSA) is 43.9 Å². The van der Waals surface area contributed by atoms with Gasteiger partial charge in [-0.15, -0.1) is 0 Å². The fourth-order valence-corrected chi connectivity index (χ4v) is 8.96. The predicted octanol–water partition coefficient (Wildman–Crippen LogP) is 14.4. The van der Waals surface area contributed by atoms with Crippen LogP contribution in [0.1, 0.15) is 0 Å². The van der Waals surface area contributed by atoms with Crippen LogP contribution in [0.2, 0.25) is 0 Å². The first-order chi connectivity index (χ1) is 28.8. The molecular formula is C54H33N3O. The molecule has 0 unspecified atom stereocenters. The number of hydrogen-bond acceptors (Lipinski definition) is 3. The summed E-state index contributed by atoms with van der Waals surface area (Å²) in [4.78, 5) is 10.6. The van der Waals surface area contributed by atoms with Gasteiger partial charge in [0.1, 0.15) is 11.2 Å². The van der Waals surface area contributed by atoms with E-state index in [0.29, 0.717) is 5.95 Å². The Bertz CT molecular complexity index is 3560. The molecule has 3 aromatic heterocycles. The summed E-state index contributed by atoms with van der Waals surface area (Å²) in [5, 5.41) is 8.01. The van der Waals surface area contributed by atoms with E-state index in [2.05, 4.69) is 187 Å². The van der Waals surface area contributed by atoms with E-state index in [4.69, 9.17) is 14.4 Å². The molecule has 4 heteroatoms. The molecule has 0 bridgehead atoms. The van der Waals surface area contributed by atoms with Gasteiger partial charge >= 0.3 is 0 Å². The van der Waals surface area contributed by atoms with Crippen molar-refractivity contribution in [1.82, 2.24) is 14.5 Å². The number of hydrogen-bond donors (Lipinski definition) is 0. The Morgan fingerprint density at radius 2 is 0.983 bits per heavy atom. The van der Waals surface area contributed by atoms with Gasteiger partial charge in [0, 0.05) is 38.1 Å². The van der Waals surface area contributed by atoms with Crippen molar-refractivity contribution < 1.29 is 4.42 Å². The zero-order valence-electron chi connectivity index (χ0n) is 31.3. The molecule has 0 aliphatic carbocycles. The summed E-state index contributed by atoms with van der Waals surface area (Å²) >= 11 is 0. The van der Waals surface area contributed by atoms with Gasteiger partial charge in [0.05, 0.1) is 22.2 Å². The van der Waals surface area contributed by atoms with Crippen LogP contribution < -0.4 is 0 Å². The van der Waals surface area contributed by atoms with Gasteiger partial charge < -0.3 is 4.42 Å². The van der Waals surface area contributed by atoms with Crippen molar-refractivity contribution in [1.29, 1.82) is 0 Å². The molecule has 12 aromatic rings. The Balaban J connectivity index is 1.01. The van der Waals surface area contributed by atoms with E-state index in [0.717, 1.165) is 82.6 Å². The summed E-state index contributed by atoms with van der Waals surface area (Å²) in [5.74, 6) is 0.637. The number of benzene rings is 9. The number of fused-ring (bicyclic) bond motifs is 8. The first kappa shape index (κ1) is 32.4. The lowest BCUT2D eigenvalue weighted by Gasteiger charge is -2.14. The van der Waals surface area contributed by atoms with Gasteiger partial charge in [0.15, 0.2) is 0 Å². The Morgan fingerprint density at radius 1 is 0.379 bits per heavy atom. The minimum atomic E-state index is 0.637. The van der Waals surface area contributed by atoms with E-state index in [1.807, 2.05) is 18.2 Å². The molecule has 0 saturated heterocycles. The SMILES string of the molecule is c1ccc(-c2cccc3cccc(-c4ccc(-c5nc(-n6c7ccccc7c7cc(-c8cccc9c8oc8ccccc89)ccc76)nc6ccccc56)cc4)c23)cc1. The third-order valence-electron chi connectivity index (χ3n) is 11.6. The molecule has 9 aromatic carbocycles. The molecule has 0 saturated carbocycles. The summed E-state index contributed by atoms with van der Waals surface area (Å²) in [6.45, 7) is 0. The molecule has 0 amide bonds.